The third-order valence-corrected chi connectivity index (χ3v) is 5.01. The zero-order valence-electron chi connectivity index (χ0n) is 10.5. The van der Waals surface area contributed by atoms with Gasteiger partial charge in [-0.3, -0.25) is 0 Å². The maximum atomic E-state index is 13.2. The monoisotopic (exact) mass is 267 g/mol. The van der Waals surface area contributed by atoms with Crippen molar-refractivity contribution in [2.24, 2.45) is 11.3 Å². The smallest absolute Gasteiger partial charge is 0.141 e. The first-order chi connectivity index (χ1) is 8.70. The second kappa shape index (κ2) is 4.82. The number of hydrogen-bond acceptors (Lipinski definition) is 1. The van der Waals surface area contributed by atoms with E-state index in [1.54, 1.807) is 6.07 Å². The van der Waals surface area contributed by atoms with Crippen molar-refractivity contribution in [2.45, 2.75) is 32.1 Å². The highest BCUT2D eigenvalue weighted by molar-refractivity contribution is 6.30. The van der Waals surface area contributed by atoms with Gasteiger partial charge in [0, 0.05) is 18.5 Å². The summed E-state index contributed by atoms with van der Waals surface area (Å²) in [6, 6.07) is 5.17. The molecular formula is C15H19ClFN. The first kappa shape index (κ1) is 12.4. The Morgan fingerprint density at radius 2 is 2.00 bits per heavy atom. The molecule has 1 heterocycles. The summed E-state index contributed by atoms with van der Waals surface area (Å²) in [6.45, 7) is 2.21. The van der Waals surface area contributed by atoms with Crippen LogP contribution in [-0.2, 0) is 6.42 Å². The van der Waals surface area contributed by atoms with Crippen molar-refractivity contribution in [3.63, 3.8) is 0 Å². The maximum Gasteiger partial charge on any atom is 0.141 e. The van der Waals surface area contributed by atoms with Crippen LogP contribution in [0.2, 0.25) is 5.02 Å². The molecule has 3 rings (SSSR count). The van der Waals surface area contributed by atoms with Gasteiger partial charge in [-0.15, -0.1) is 0 Å². The molecule has 0 aromatic heterocycles. The standard InChI is InChI=1S/C15H19ClFN/c16-13-7-11(5-6-14(13)17)8-15(9-18-10-15)12-3-1-2-4-12/h5-7,12,18H,1-4,8-10H2. The predicted molar refractivity (Wildman–Crippen MR) is 72.4 cm³/mol. The van der Waals surface area contributed by atoms with Crippen LogP contribution in [0.3, 0.4) is 0 Å². The Bertz CT molecular complexity index is 436. The lowest BCUT2D eigenvalue weighted by atomic mass is 9.66. The minimum atomic E-state index is -0.318. The van der Waals surface area contributed by atoms with Crippen molar-refractivity contribution < 1.29 is 4.39 Å². The predicted octanol–water partition coefficient (Wildman–Crippen LogP) is 3.80. The lowest BCUT2D eigenvalue weighted by molar-refractivity contribution is 0.0812. The van der Waals surface area contributed by atoms with E-state index in [1.807, 2.05) is 6.07 Å². The molecule has 98 valence electrons. The Morgan fingerprint density at radius 1 is 1.28 bits per heavy atom. The molecule has 0 unspecified atom stereocenters. The summed E-state index contributed by atoms with van der Waals surface area (Å²) in [6.07, 6.45) is 6.49. The van der Waals surface area contributed by atoms with E-state index in [0.29, 0.717) is 5.41 Å². The van der Waals surface area contributed by atoms with Crippen molar-refractivity contribution in [2.75, 3.05) is 13.1 Å². The van der Waals surface area contributed by atoms with Crippen molar-refractivity contribution in [3.05, 3.63) is 34.6 Å². The van der Waals surface area contributed by atoms with Crippen LogP contribution < -0.4 is 5.32 Å². The normalized spacial score (nSPS) is 23.0. The van der Waals surface area contributed by atoms with Gasteiger partial charge in [0.1, 0.15) is 5.82 Å². The second-order valence-corrected chi connectivity index (χ2v) is 6.28. The minimum absolute atomic E-state index is 0.251. The summed E-state index contributed by atoms with van der Waals surface area (Å²) in [4.78, 5) is 0. The van der Waals surface area contributed by atoms with Gasteiger partial charge in [-0.2, -0.15) is 0 Å². The number of rotatable bonds is 3. The van der Waals surface area contributed by atoms with Crippen molar-refractivity contribution in [3.8, 4) is 0 Å². The molecule has 2 aliphatic rings. The molecule has 2 fully saturated rings. The highest BCUT2D eigenvalue weighted by Crippen LogP contribution is 2.45. The fourth-order valence-corrected chi connectivity index (χ4v) is 3.80. The van der Waals surface area contributed by atoms with Gasteiger partial charge in [0.2, 0.25) is 0 Å². The number of hydrogen-bond donors (Lipinski definition) is 1. The number of nitrogens with one attached hydrogen (secondary N) is 1. The first-order valence-electron chi connectivity index (χ1n) is 6.84. The van der Waals surface area contributed by atoms with Crippen LogP contribution in [0.25, 0.3) is 0 Å². The summed E-state index contributed by atoms with van der Waals surface area (Å²) >= 11 is 5.87. The molecule has 1 nitrogen and oxygen atoms in total. The zero-order chi connectivity index (χ0) is 12.6. The van der Waals surface area contributed by atoms with E-state index < -0.39 is 0 Å². The lowest BCUT2D eigenvalue weighted by Gasteiger charge is -2.48. The van der Waals surface area contributed by atoms with E-state index in [-0.39, 0.29) is 10.8 Å². The van der Waals surface area contributed by atoms with Crippen LogP contribution in [0.1, 0.15) is 31.2 Å². The second-order valence-electron chi connectivity index (χ2n) is 5.87. The largest absolute Gasteiger partial charge is 0.315 e. The molecule has 0 radical (unpaired) electrons. The third kappa shape index (κ3) is 2.17. The van der Waals surface area contributed by atoms with Gasteiger partial charge in [0.05, 0.1) is 5.02 Å². The van der Waals surface area contributed by atoms with Gasteiger partial charge < -0.3 is 5.32 Å². The molecule has 0 atom stereocenters. The Hall–Kier alpha value is -0.600. The van der Waals surface area contributed by atoms with Gasteiger partial charge in [-0.05, 0) is 42.9 Å². The Kier molecular flexibility index (Phi) is 3.33. The molecular weight excluding hydrogens is 249 g/mol. The van der Waals surface area contributed by atoms with E-state index in [9.17, 15) is 4.39 Å². The van der Waals surface area contributed by atoms with E-state index in [1.165, 1.54) is 37.3 Å². The molecule has 1 aromatic carbocycles. The zero-order valence-corrected chi connectivity index (χ0v) is 11.3. The number of benzene rings is 1. The van der Waals surface area contributed by atoms with E-state index >= 15 is 0 Å². The fourth-order valence-electron chi connectivity index (χ4n) is 3.60. The van der Waals surface area contributed by atoms with Gasteiger partial charge in [0.15, 0.2) is 0 Å². The van der Waals surface area contributed by atoms with Crippen LogP contribution in [0.4, 0.5) is 4.39 Å². The summed E-state index contributed by atoms with van der Waals surface area (Å²) in [7, 11) is 0. The minimum Gasteiger partial charge on any atom is -0.315 e. The van der Waals surface area contributed by atoms with Gasteiger partial charge in [-0.25, -0.2) is 4.39 Å². The highest BCUT2D eigenvalue weighted by atomic mass is 35.5. The lowest BCUT2D eigenvalue weighted by Crippen LogP contribution is -2.58. The summed E-state index contributed by atoms with van der Waals surface area (Å²) in [5.74, 6) is 0.518. The van der Waals surface area contributed by atoms with Crippen LogP contribution >= 0.6 is 11.6 Å². The molecule has 1 aromatic rings. The Balaban J connectivity index is 1.78. The third-order valence-electron chi connectivity index (χ3n) is 4.72. The highest BCUT2D eigenvalue weighted by Gasteiger charge is 2.44. The molecule has 1 N–H and O–H groups in total. The molecule has 0 bridgehead atoms. The van der Waals surface area contributed by atoms with Crippen LogP contribution in [-0.4, -0.2) is 13.1 Å². The van der Waals surface area contributed by atoms with Crippen molar-refractivity contribution in [1.29, 1.82) is 0 Å². The van der Waals surface area contributed by atoms with E-state index in [0.717, 1.165) is 25.4 Å². The molecule has 1 saturated carbocycles. The van der Waals surface area contributed by atoms with Gasteiger partial charge in [-0.1, -0.05) is 30.5 Å². The average Bonchev–Trinajstić information content (AvgIpc) is 2.82. The number of halogens is 2. The topological polar surface area (TPSA) is 12.0 Å². The molecule has 1 aliphatic heterocycles. The summed E-state index contributed by atoms with van der Waals surface area (Å²) in [5.41, 5.74) is 1.58. The molecule has 1 aliphatic carbocycles. The molecule has 18 heavy (non-hydrogen) atoms. The summed E-state index contributed by atoms with van der Waals surface area (Å²) < 4.78 is 13.2. The van der Waals surface area contributed by atoms with Gasteiger partial charge in [0.25, 0.3) is 0 Å². The van der Waals surface area contributed by atoms with Crippen LogP contribution in [0, 0.1) is 17.2 Å². The first-order valence-corrected chi connectivity index (χ1v) is 7.22. The van der Waals surface area contributed by atoms with Gasteiger partial charge >= 0.3 is 0 Å². The Morgan fingerprint density at radius 3 is 2.56 bits per heavy atom. The van der Waals surface area contributed by atoms with E-state index in [4.69, 9.17) is 11.6 Å². The SMILES string of the molecule is Fc1ccc(CC2(C3CCCC3)CNC2)cc1Cl. The summed E-state index contributed by atoms with van der Waals surface area (Å²) in [5, 5.41) is 3.67. The van der Waals surface area contributed by atoms with Crippen LogP contribution in [0.5, 0.6) is 0 Å². The molecule has 0 spiro atoms. The quantitative estimate of drug-likeness (QED) is 0.878. The maximum absolute atomic E-state index is 13.2. The molecule has 1 saturated heterocycles. The van der Waals surface area contributed by atoms with Crippen LogP contribution in [0.15, 0.2) is 18.2 Å². The Labute approximate surface area is 113 Å². The van der Waals surface area contributed by atoms with Crippen molar-refractivity contribution >= 4 is 11.6 Å². The fraction of sp³-hybridized carbons (Fsp3) is 0.600. The van der Waals surface area contributed by atoms with E-state index in [2.05, 4.69) is 5.32 Å². The average molecular weight is 268 g/mol. The molecule has 3 heteroatoms. The molecule has 0 amide bonds. The van der Waals surface area contributed by atoms with Crippen molar-refractivity contribution in [1.82, 2.24) is 5.32 Å².